The fourth-order valence-electron chi connectivity index (χ4n) is 1.45. The second-order valence-electron chi connectivity index (χ2n) is 3.20. The van der Waals surface area contributed by atoms with Crippen LogP contribution in [0.1, 0.15) is 18.9 Å². The highest BCUT2D eigenvalue weighted by atomic mass is 19.3. The summed E-state index contributed by atoms with van der Waals surface area (Å²) in [4.78, 5) is 0. The smallest absolute Gasteiger partial charge is 0.276 e. The van der Waals surface area contributed by atoms with Crippen molar-refractivity contribution in [1.29, 1.82) is 0 Å². The van der Waals surface area contributed by atoms with Crippen LogP contribution in [-0.2, 0) is 5.92 Å². The summed E-state index contributed by atoms with van der Waals surface area (Å²) in [6, 6.07) is 6.83. The number of benzene rings is 1. The minimum absolute atomic E-state index is 0.0180. The molecule has 0 aliphatic rings. The lowest BCUT2D eigenvalue weighted by Crippen LogP contribution is -2.10. The first-order valence-electron chi connectivity index (χ1n) is 4.49. The van der Waals surface area contributed by atoms with Gasteiger partial charge >= 0.3 is 0 Å². The maximum atomic E-state index is 13.4. The lowest BCUT2D eigenvalue weighted by Gasteiger charge is -2.11. The van der Waals surface area contributed by atoms with Gasteiger partial charge < -0.3 is 4.42 Å². The highest BCUT2D eigenvalue weighted by Gasteiger charge is 2.32. The van der Waals surface area contributed by atoms with E-state index in [1.807, 2.05) is 0 Å². The monoisotopic (exact) mass is 196 g/mol. The molecule has 0 bridgehead atoms. The second kappa shape index (κ2) is 3.08. The van der Waals surface area contributed by atoms with Gasteiger partial charge in [-0.1, -0.05) is 25.1 Å². The third kappa shape index (κ3) is 1.29. The van der Waals surface area contributed by atoms with Gasteiger partial charge in [-0.25, -0.2) is 8.78 Å². The Morgan fingerprint density at radius 1 is 1.29 bits per heavy atom. The van der Waals surface area contributed by atoms with Gasteiger partial charge in [0.25, 0.3) is 5.92 Å². The summed E-state index contributed by atoms with van der Waals surface area (Å²) in [6.07, 6.45) is 0.935. The molecule has 2 aromatic rings. The Bertz CT molecular complexity index is 445. The van der Waals surface area contributed by atoms with Gasteiger partial charge in [0.1, 0.15) is 11.8 Å². The number of furan rings is 1. The molecular weight excluding hydrogens is 186 g/mol. The average Bonchev–Trinajstić information content (AvgIpc) is 2.61. The molecule has 0 saturated heterocycles. The van der Waals surface area contributed by atoms with Crippen LogP contribution >= 0.6 is 0 Å². The van der Waals surface area contributed by atoms with Gasteiger partial charge in [-0.15, -0.1) is 0 Å². The maximum absolute atomic E-state index is 13.4. The standard InChI is InChI=1S/C11H10F2O/c1-2-11(12,13)9-7-14-10-6-4-3-5-8(9)10/h3-7H,2H2,1H3. The van der Waals surface area contributed by atoms with Crippen molar-refractivity contribution in [1.82, 2.24) is 0 Å². The van der Waals surface area contributed by atoms with Crippen LogP contribution in [0, 0.1) is 0 Å². The maximum Gasteiger partial charge on any atom is 0.276 e. The van der Waals surface area contributed by atoms with Gasteiger partial charge in [0.05, 0.1) is 5.56 Å². The summed E-state index contributed by atoms with van der Waals surface area (Å²) in [5.74, 6) is -2.80. The molecule has 0 atom stereocenters. The van der Waals surface area contributed by atoms with E-state index in [9.17, 15) is 8.78 Å². The Hall–Kier alpha value is -1.38. The highest BCUT2D eigenvalue weighted by molar-refractivity contribution is 5.81. The molecule has 1 heterocycles. The van der Waals surface area contributed by atoms with Gasteiger partial charge in [-0.05, 0) is 6.07 Å². The van der Waals surface area contributed by atoms with Crippen LogP contribution in [0.15, 0.2) is 34.9 Å². The fraction of sp³-hybridized carbons (Fsp3) is 0.273. The van der Waals surface area contributed by atoms with Crippen molar-refractivity contribution < 1.29 is 13.2 Å². The number of hydrogen-bond acceptors (Lipinski definition) is 1. The highest BCUT2D eigenvalue weighted by Crippen LogP contribution is 2.37. The van der Waals surface area contributed by atoms with Crippen molar-refractivity contribution in [2.75, 3.05) is 0 Å². The van der Waals surface area contributed by atoms with Gasteiger partial charge in [-0.3, -0.25) is 0 Å². The largest absolute Gasteiger partial charge is 0.464 e. The molecule has 0 radical (unpaired) electrons. The molecule has 0 unspecified atom stereocenters. The van der Waals surface area contributed by atoms with Crippen LogP contribution in [0.2, 0.25) is 0 Å². The first-order chi connectivity index (χ1) is 6.65. The predicted molar refractivity (Wildman–Crippen MR) is 50.4 cm³/mol. The van der Waals surface area contributed by atoms with E-state index in [0.29, 0.717) is 11.0 Å². The van der Waals surface area contributed by atoms with E-state index in [1.54, 1.807) is 24.3 Å². The summed E-state index contributed by atoms with van der Waals surface area (Å²) in [6.45, 7) is 1.46. The van der Waals surface area contributed by atoms with Crippen LogP contribution in [0.5, 0.6) is 0 Å². The van der Waals surface area contributed by atoms with Crippen molar-refractivity contribution in [3.8, 4) is 0 Å². The van der Waals surface area contributed by atoms with E-state index in [-0.39, 0.29) is 12.0 Å². The van der Waals surface area contributed by atoms with Gasteiger partial charge in [0, 0.05) is 11.8 Å². The van der Waals surface area contributed by atoms with Crippen molar-refractivity contribution in [2.45, 2.75) is 19.3 Å². The van der Waals surface area contributed by atoms with Crippen LogP contribution in [0.25, 0.3) is 11.0 Å². The Balaban J connectivity index is 2.64. The zero-order valence-electron chi connectivity index (χ0n) is 7.76. The molecule has 1 aromatic heterocycles. The summed E-state index contributed by atoms with van der Waals surface area (Å²) >= 11 is 0. The first kappa shape index (κ1) is 9.19. The van der Waals surface area contributed by atoms with Crippen LogP contribution in [0.3, 0.4) is 0 Å². The second-order valence-corrected chi connectivity index (χ2v) is 3.20. The number of hydrogen-bond donors (Lipinski definition) is 0. The Morgan fingerprint density at radius 2 is 2.00 bits per heavy atom. The van der Waals surface area contributed by atoms with Crippen molar-refractivity contribution in [2.24, 2.45) is 0 Å². The minimum Gasteiger partial charge on any atom is -0.464 e. The number of halogens is 2. The van der Waals surface area contributed by atoms with Crippen LogP contribution in [0.4, 0.5) is 8.78 Å². The first-order valence-corrected chi connectivity index (χ1v) is 4.49. The number of alkyl halides is 2. The van der Waals surface area contributed by atoms with E-state index in [0.717, 1.165) is 6.26 Å². The fourth-order valence-corrected chi connectivity index (χ4v) is 1.45. The summed E-state index contributed by atoms with van der Waals surface area (Å²) in [5.41, 5.74) is 0.492. The topological polar surface area (TPSA) is 13.1 Å². The predicted octanol–water partition coefficient (Wildman–Crippen LogP) is 3.93. The zero-order valence-corrected chi connectivity index (χ0v) is 7.76. The Labute approximate surface area is 80.3 Å². The lowest BCUT2D eigenvalue weighted by molar-refractivity contribution is -0.00747. The van der Waals surface area contributed by atoms with Crippen LogP contribution < -0.4 is 0 Å². The van der Waals surface area contributed by atoms with E-state index < -0.39 is 5.92 Å². The molecule has 0 amide bonds. The van der Waals surface area contributed by atoms with E-state index in [1.165, 1.54) is 6.92 Å². The molecule has 0 saturated carbocycles. The molecule has 3 heteroatoms. The number of fused-ring (bicyclic) bond motifs is 1. The quantitative estimate of drug-likeness (QED) is 0.709. The Kier molecular flexibility index (Phi) is 2.02. The normalized spacial score (nSPS) is 12.2. The third-order valence-electron chi connectivity index (χ3n) is 2.32. The molecule has 14 heavy (non-hydrogen) atoms. The number of rotatable bonds is 2. The van der Waals surface area contributed by atoms with Crippen molar-refractivity contribution in [3.05, 3.63) is 36.1 Å². The molecule has 2 rings (SSSR count). The Morgan fingerprint density at radius 3 is 2.71 bits per heavy atom. The van der Waals surface area contributed by atoms with Crippen molar-refractivity contribution in [3.63, 3.8) is 0 Å². The molecule has 0 spiro atoms. The molecule has 0 aliphatic heterocycles. The third-order valence-corrected chi connectivity index (χ3v) is 2.32. The van der Waals surface area contributed by atoms with Crippen LogP contribution in [-0.4, -0.2) is 0 Å². The molecule has 1 nitrogen and oxygen atoms in total. The van der Waals surface area contributed by atoms with Gasteiger partial charge in [0.2, 0.25) is 0 Å². The number of para-hydroxylation sites is 1. The summed E-state index contributed by atoms with van der Waals surface area (Å²) in [7, 11) is 0. The summed E-state index contributed by atoms with van der Waals surface area (Å²) < 4.78 is 31.8. The SMILES string of the molecule is CCC(F)(F)c1coc2ccccc12. The molecule has 1 aromatic carbocycles. The zero-order chi connectivity index (χ0) is 10.2. The van der Waals surface area contributed by atoms with E-state index in [2.05, 4.69) is 0 Å². The van der Waals surface area contributed by atoms with Gasteiger partial charge in [0.15, 0.2) is 0 Å². The minimum atomic E-state index is -2.80. The summed E-state index contributed by atoms with van der Waals surface area (Å²) in [5, 5.41) is 0.499. The average molecular weight is 196 g/mol. The molecular formula is C11H10F2O. The van der Waals surface area contributed by atoms with Crippen molar-refractivity contribution >= 4 is 11.0 Å². The van der Waals surface area contributed by atoms with Gasteiger partial charge in [-0.2, -0.15) is 0 Å². The molecule has 0 aliphatic carbocycles. The lowest BCUT2D eigenvalue weighted by atomic mass is 10.1. The van der Waals surface area contributed by atoms with E-state index >= 15 is 0 Å². The van der Waals surface area contributed by atoms with E-state index in [4.69, 9.17) is 4.42 Å². The molecule has 0 N–H and O–H groups in total. The molecule has 74 valence electrons. The molecule has 0 fully saturated rings.